The molecular formula is C13H20N2O3S2. The van der Waals surface area contributed by atoms with E-state index in [1.807, 2.05) is 35.3 Å². The second-order valence-corrected chi connectivity index (χ2v) is 8.25. The molecule has 2 rings (SSSR count). The van der Waals surface area contributed by atoms with Crippen molar-refractivity contribution in [2.24, 2.45) is 0 Å². The fourth-order valence-corrected chi connectivity index (χ4v) is 4.54. The smallest absolute Gasteiger partial charge is 0.243 e. The minimum atomic E-state index is -2.96. The molecule has 1 N–H and O–H groups in total. The fourth-order valence-electron chi connectivity index (χ4n) is 2.41. The molecule has 1 aromatic heterocycles. The Kier molecular flexibility index (Phi) is 5.15. The maximum Gasteiger partial charge on any atom is 0.243 e. The highest BCUT2D eigenvalue weighted by molar-refractivity contribution is 7.98. The summed E-state index contributed by atoms with van der Waals surface area (Å²) in [6, 6.07) is 3.28. The molecule has 1 aromatic rings. The molecule has 7 heteroatoms. The van der Waals surface area contributed by atoms with Gasteiger partial charge in [-0.25, -0.2) is 8.42 Å². The molecule has 0 bridgehead atoms. The molecule has 20 heavy (non-hydrogen) atoms. The van der Waals surface area contributed by atoms with Crippen molar-refractivity contribution in [3.8, 4) is 0 Å². The number of rotatable bonds is 6. The van der Waals surface area contributed by atoms with Gasteiger partial charge in [0.2, 0.25) is 5.91 Å². The number of hydrogen-bond acceptors (Lipinski definition) is 4. The summed E-state index contributed by atoms with van der Waals surface area (Å²) in [5, 5.41) is 2.88. The van der Waals surface area contributed by atoms with Crippen LogP contribution >= 0.6 is 11.8 Å². The second kappa shape index (κ2) is 6.67. The van der Waals surface area contributed by atoms with E-state index in [0.717, 1.165) is 12.2 Å². The molecule has 1 aliphatic heterocycles. The predicted molar refractivity (Wildman–Crippen MR) is 81.7 cm³/mol. The van der Waals surface area contributed by atoms with E-state index >= 15 is 0 Å². The van der Waals surface area contributed by atoms with E-state index in [1.54, 1.807) is 11.8 Å². The molecule has 0 spiro atoms. The summed E-state index contributed by atoms with van der Waals surface area (Å²) in [6.07, 6.45) is 7.01. The van der Waals surface area contributed by atoms with Gasteiger partial charge in [0.1, 0.15) is 6.04 Å². The van der Waals surface area contributed by atoms with Gasteiger partial charge in [0.25, 0.3) is 0 Å². The van der Waals surface area contributed by atoms with Crippen LogP contribution in [0.25, 0.3) is 0 Å². The van der Waals surface area contributed by atoms with Gasteiger partial charge in [0.15, 0.2) is 9.84 Å². The summed E-state index contributed by atoms with van der Waals surface area (Å²) >= 11 is 1.70. The van der Waals surface area contributed by atoms with Gasteiger partial charge in [-0.05, 0) is 37.0 Å². The van der Waals surface area contributed by atoms with Gasteiger partial charge in [-0.15, -0.1) is 0 Å². The summed E-state index contributed by atoms with van der Waals surface area (Å²) in [5.74, 6) is 1.05. The van der Waals surface area contributed by atoms with Crippen LogP contribution in [0.15, 0.2) is 24.5 Å². The third-order valence-corrected chi connectivity index (χ3v) is 5.88. The lowest BCUT2D eigenvalue weighted by Gasteiger charge is -2.20. The summed E-state index contributed by atoms with van der Waals surface area (Å²) in [5.41, 5.74) is 0. The van der Waals surface area contributed by atoms with Crippen LogP contribution in [0, 0.1) is 0 Å². The lowest BCUT2D eigenvalue weighted by atomic mass is 10.2. The van der Waals surface area contributed by atoms with E-state index < -0.39 is 9.84 Å². The first-order chi connectivity index (χ1) is 9.52. The Morgan fingerprint density at radius 1 is 1.45 bits per heavy atom. The summed E-state index contributed by atoms with van der Waals surface area (Å²) in [4.78, 5) is 12.4. The van der Waals surface area contributed by atoms with Gasteiger partial charge in [-0.3, -0.25) is 4.79 Å². The van der Waals surface area contributed by atoms with Gasteiger partial charge in [0, 0.05) is 18.4 Å². The number of nitrogens with one attached hydrogen (secondary N) is 1. The van der Waals surface area contributed by atoms with Crippen LogP contribution in [0.2, 0.25) is 0 Å². The third-order valence-electron chi connectivity index (χ3n) is 3.46. The fraction of sp³-hybridized carbons (Fsp3) is 0.615. The van der Waals surface area contributed by atoms with E-state index in [1.165, 1.54) is 0 Å². The molecule has 2 heterocycles. The minimum Gasteiger partial charge on any atom is -0.351 e. The topological polar surface area (TPSA) is 68.2 Å². The number of amides is 1. The highest BCUT2D eigenvalue weighted by Gasteiger charge is 2.30. The normalized spacial score (nSPS) is 22.6. The highest BCUT2D eigenvalue weighted by atomic mass is 32.2. The summed E-state index contributed by atoms with van der Waals surface area (Å²) < 4.78 is 24.8. The number of nitrogens with zero attached hydrogens (tertiary/aromatic N) is 1. The van der Waals surface area contributed by atoms with Gasteiger partial charge in [-0.2, -0.15) is 11.8 Å². The zero-order valence-electron chi connectivity index (χ0n) is 11.5. The van der Waals surface area contributed by atoms with Gasteiger partial charge in [0.05, 0.1) is 11.5 Å². The van der Waals surface area contributed by atoms with Crippen molar-refractivity contribution in [2.75, 3.05) is 23.5 Å². The monoisotopic (exact) mass is 316 g/mol. The van der Waals surface area contributed by atoms with Gasteiger partial charge < -0.3 is 9.88 Å². The minimum absolute atomic E-state index is 0.0691. The lowest BCUT2D eigenvalue weighted by molar-refractivity contribution is -0.125. The molecule has 0 radical (unpaired) electrons. The molecule has 1 aliphatic rings. The first-order valence-electron chi connectivity index (χ1n) is 6.64. The highest BCUT2D eigenvalue weighted by Crippen LogP contribution is 2.17. The zero-order valence-corrected chi connectivity index (χ0v) is 13.1. The Morgan fingerprint density at radius 3 is 2.70 bits per heavy atom. The molecule has 112 valence electrons. The SMILES string of the molecule is CSCCC(C(=O)NC1CCS(=O)(=O)C1)n1cccc1. The van der Waals surface area contributed by atoms with Crippen LogP contribution in [0.1, 0.15) is 18.9 Å². The molecule has 1 amide bonds. The summed E-state index contributed by atoms with van der Waals surface area (Å²) in [7, 11) is -2.96. The molecule has 1 fully saturated rings. The average Bonchev–Trinajstić information content (AvgIpc) is 3.00. The molecule has 0 saturated carbocycles. The van der Waals surface area contributed by atoms with Crippen molar-refractivity contribution in [1.29, 1.82) is 0 Å². The Morgan fingerprint density at radius 2 is 2.15 bits per heavy atom. The number of hydrogen-bond donors (Lipinski definition) is 1. The van der Waals surface area contributed by atoms with Gasteiger partial charge >= 0.3 is 0 Å². The second-order valence-electron chi connectivity index (χ2n) is 5.04. The Bertz CT molecular complexity index is 540. The van der Waals surface area contributed by atoms with Crippen molar-refractivity contribution in [2.45, 2.75) is 24.9 Å². The first kappa shape index (κ1) is 15.4. The largest absolute Gasteiger partial charge is 0.351 e. The van der Waals surface area contributed by atoms with E-state index in [2.05, 4.69) is 5.32 Å². The van der Waals surface area contributed by atoms with Crippen molar-refractivity contribution >= 4 is 27.5 Å². The quantitative estimate of drug-likeness (QED) is 0.853. The van der Waals surface area contributed by atoms with E-state index in [4.69, 9.17) is 0 Å². The maximum atomic E-state index is 12.4. The number of aromatic nitrogens is 1. The third kappa shape index (κ3) is 4.02. The standard InChI is InChI=1S/C13H20N2O3S2/c1-19-8-4-12(15-6-2-3-7-15)13(16)14-11-5-9-20(17,18)10-11/h2-3,6-7,11-12H,4-5,8-10H2,1H3,(H,14,16). The van der Waals surface area contributed by atoms with Crippen LogP contribution in [0.5, 0.6) is 0 Å². The molecule has 1 saturated heterocycles. The summed E-state index contributed by atoms with van der Waals surface area (Å²) in [6.45, 7) is 0. The van der Waals surface area contributed by atoms with Crippen molar-refractivity contribution in [3.63, 3.8) is 0 Å². The van der Waals surface area contributed by atoms with Crippen LogP contribution < -0.4 is 5.32 Å². The Labute approximate surface area is 124 Å². The van der Waals surface area contributed by atoms with E-state index in [-0.39, 0.29) is 29.5 Å². The Balaban J connectivity index is 2.00. The number of sulfone groups is 1. The molecule has 0 aromatic carbocycles. The zero-order chi connectivity index (χ0) is 14.6. The maximum absolute atomic E-state index is 12.4. The molecule has 0 aliphatic carbocycles. The van der Waals surface area contributed by atoms with Crippen molar-refractivity contribution in [3.05, 3.63) is 24.5 Å². The number of thioether (sulfide) groups is 1. The molecule has 2 unspecified atom stereocenters. The van der Waals surface area contributed by atoms with Gasteiger partial charge in [-0.1, -0.05) is 0 Å². The van der Waals surface area contributed by atoms with Crippen LogP contribution in [-0.4, -0.2) is 48.4 Å². The Hall–Kier alpha value is -0.950. The number of carbonyl (C=O) groups excluding carboxylic acids is 1. The molecule has 2 atom stereocenters. The molecular weight excluding hydrogens is 296 g/mol. The lowest BCUT2D eigenvalue weighted by Crippen LogP contribution is -2.40. The molecule has 5 nitrogen and oxygen atoms in total. The van der Waals surface area contributed by atoms with E-state index in [0.29, 0.717) is 6.42 Å². The van der Waals surface area contributed by atoms with E-state index in [9.17, 15) is 13.2 Å². The number of carbonyl (C=O) groups is 1. The van der Waals surface area contributed by atoms with Crippen molar-refractivity contribution in [1.82, 2.24) is 9.88 Å². The van der Waals surface area contributed by atoms with Crippen LogP contribution in [-0.2, 0) is 14.6 Å². The average molecular weight is 316 g/mol. The predicted octanol–water partition coefficient (Wildman–Crippen LogP) is 1.09. The van der Waals surface area contributed by atoms with Crippen LogP contribution in [0.3, 0.4) is 0 Å². The van der Waals surface area contributed by atoms with Crippen molar-refractivity contribution < 1.29 is 13.2 Å². The first-order valence-corrected chi connectivity index (χ1v) is 9.85. The van der Waals surface area contributed by atoms with Crippen LogP contribution in [0.4, 0.5) is 0 Å².